The molecule has 12 heteroatoms. The largest absolute Gasteiger partial charge is 0.448 e. The van der Waals surface area contributed by atoms with E-state index in [9.17, 15) is 14.4 Å². The minimum Gasteiger partial charge on any atom is -0.448 e. The highest BCUT2D eigenvalue weighted by Crippen LogP contribution is 2.07. The van der Waals surface area contributed by atoms with Crippen LogP contribution in [0.25, 0.3) is 0 Å². The highest BCUT2D eigenvalue weighted by Gasteiger charge is 2.21. The quantitative estimate of drug-likeness (QED) is 0.113. The van der Waals surface area contributed by atoms with E-state index >= 15 is 0 Å². The molecule has 2 atom stereocenters. The summed E-state index contributed by atoms with van der Waals surface area (Å²) < 4.78 is 10.3. The molecule has 35 heavy (non-hydrogen) atoms. The van der Waals surface area contributed by atoms with Gasteiger partial charge in [-0.15, -0.1) is 0 Å². The summed E-state index contributed by atoms with van der Waals surface area (Å²) in [5.74, 6) is -0.372. The molecule has 0 aromatic heterocycles. The first-order chi connectivity index (χ1) is 16.8. The van der Waals surface area contributed by atoms with E-state index in [2.05, 4.69) is 5.32 Å². The van der Waals surface area contributed by atoms with Crippen molar-refractivity contribution in [1.82, 2.24) is 10.2 Å². The van der Waals surface area contributed by atoms with Crippen LogP contribution in [0.1, 0.15) is 70.6 Å². The fourth-order valence-corrected chi connectivity index (χ4v) is 3.48. The lowest BCUT2D eigenvalue weighted by molar-refractivity contribution is -0.123. The number of ether oxygens (including phenoxy) is 2. The monoisotopic (exact) mass is 503 g/mol. The molecular weight excluding hydrogens is 454 g/mol. The topological polar surface area (TPSA) is 215 Å². The van der Waals surface area contributed by atoms with E-state index in [-0.39, 0.29) is 31.7 Å². The van der Waals surface area contributed by atoms with Gasteiger partial charge in [0.1, 0.15) is 19.8 Å². The highest BCUT2D eigenvalue weighted by atomic mass is 16.6. The van der Waals surface area contributed by atoms with Gasteiger partial charge in [0.25, 0.3) is 0 Å². The number of rotatable bonds is 22. The normalized spacial score (nSPS) is 12.6. The predicted molar refractivity (Wildman–Crippen MR) is 136 cm³/mol. The van der Waals surface area contributed by atoms with Gasteiger partial charge in [0, 0.05) is 12.6 Å². The van der Waals surface area contributed by atoms with Crippen LogP contribution >= 0.6 is 0 Å². The molecule has 0 aliphatic rings. The third kappa shape index (κ3) is 19.8. The lowest BCUT2D eigenvalue weighted by atomic mass is 10.1. The van der Waals surface area contributed by atoms with Gasteiger partial charge in [-0.3, -0.25) is 9.69 Å². The van der Waals surface area contributed by atoms with Crippen LogP contribution in [0.2, 0.25) is 0 Å². The Morgan fingerprint density at radius 3 is 1.94 bits per heavy atom. The van der Waals surface area contributed by atoms with Crippen LogP contribution in [0.5, 0.6) is 0 Å². The number of carbonyl (C=O) groups excluding carboxylic acids is 3. The Hall–Kier alpha value is -2.15. The first-order valence-corrected chi connectivity index (χ1v) is 12.8. The minimum atomic E-state index is -0.911. The van der Waals surface area contributed by atoms with Gasteiger partial charge in [0.05, 0.1) is 6.04 Å². The molecule has 0 aromatic rings. The molecule has 0 spiro atoms. The maximum Gasteiger partial charge on any atom is 0.410 e. The second-order valence-corrected chi connectivity index (χ2v) is 8.78. The number of primary amides is 1. The summed E-state index contributed by atoms with van der Waals surface area (Å²) in [6.07, 6.45) is 7.69. The van der Waals surface area contributed by atoms with Crippen molar-refractivity contribution in [2.45, 2.75) is 82.7 Å². The SMILES string of the molecule is NCCCCCCCN(CC(=O)N[C@H](CCCCN)COC(N)=O)C(=O)OC[C@H](N)CCCCN. The summed E-state index contributed by atoms with van der Waals surface area (Å²) in [6, 6.07) is -0.707. The van der Waals surface area contributed by atoms with Crippen LogP contribution in [0.4, 0.5) is 9.59 Å². The molecule has 0 rings (SSSR count). The van der Waals surface area contributed by atoms with Gasteiger partial charge in [-0.25, -0.2) is 9.59 Å². The van der Waals surface area contributed by atoms with Gasteiger partial charge in [-0.05, 0) is 58.2 Å². The summed E-state index contributed by atoms with van der Waals surface area (Å²) in [4.78, 5) is 37.8. The Balaban J connectivity index is 4.88. The van der Waals surface area contributed by atoms with E-state index in [4.69, 9.17) is 38.1 Å². The van der Waals surface area contributed by atoms with Crippen molar-refractivity contribution >= 4 is 18.1 Å². The van der Waals surface area contributed by atoms with Crippen molar-refractivity contribution in [3.8, 4) is 0 Å². The van der Waals surface area contributed by atoms with Crippen LogP contribution in [-0.4, -0.2) is 81.0 Å². The van der Waals surface area contributed by atoms with Crippen LogP contribution in [0, 0.1) is 0 Å². The molecule has 0 fully saturated rings. The Labute approximate surface area is 209 Å². The van der Waals surface area contributed by atoms with Crippen molar-refractivity contribution in [1.29, 1.82) is 0 Å². The molecule has 12 nitrogen and oxygen atoms in total. The van der Waals surface area contributed by atoms with Gasteiger partial charge in [-0.2, -0.15) is 0 Å². The first-order valence-electron chi connectivity index (χ1n) is 12.8. The fraction of sp³-hybridized carbons (Fsp3) is 0.870. The van der Waals surface area contributed by atoms with Crippen molar-refractivity contribution in [3.63, 3.8) is 0 Å². The smallest absolute Gasteiger partial charge is 0.410 e. The molecule has 0 unspecified atom stereocenters. The number of carbonyl (C=O) groups is 3. The average molecular weight is 504 g/mol. The van der Waals surface area contributed by atoms with Crippen LogP contribution in [0.3, 0.4) is 0 Å². The average Bonchev–Trinajstić information content (AvgIpc) is 2.82. The summed E-state index contributed by atoms with van der Waals surface area (Å²) in [7, 11) is 0. The second-order valence-electron chi connectivity index (χ2n) is 8.78. The van der Waals surface area contributed by atoms with Gasteiger partial charge in [0.15, 0.2) is 0 Å². The fourth-order valence-electron chi connectivity index (χ4n) is 3.48. The summed E-state index contributed by atoms with van der Waals surface area (Å²) in [6.45, 7) is 2.02. The van der Waals surface area contributed by atoms with Gasteiger partial charge >= 0.3 is 12.2 Å². The molecule has 206 valence electrons. The third-order valence-corrected chi connectivity index (χ3v) is 5.47. The minimum absolute atomic E-state index is 0.0467. The molecule has 11 N–H and O–H groups in total. The molecule has 0 aromatic carbocycles. The molecule has 3 amide bonds. The Morgan fingerprint density at radius 2 is 1.31 bits per heavy atom. The number of unbranched alkanes of at least 4 members (excludes halogenated alkanes) is 6. The number of nitrogens with zero attached hydrogens (tertiary/aromatic N) is 1. The molecule has 0 aliphatic heterocycles. The molecular formula is C23H49N7O5. The molecule has 0 bridgehead atoms. The molecule has 0 saturated carbocycles. The standard InChI is InChI=1S/C23H49N7O5/c24-12-6-2-1-3-9-15-30(23(33)35-17-19(27)10-4-7-13-25)16-21(31)29-20(11-5-8-14-26)18-34-22(28)32/h19-20H,1-18,24-27H2,(H2,28,32)(H,29,31)/t19-,20-/m1/s1. The summed E-state index contributed by atoms with van der Waals surface area (Å²) in [5.41, 5.74) is 27.6. The predicted octanol–water partition coefficient (Wildman–Crippen LogP) is 0.500. The lowest BCUT2D eigenvalue weighted by Gasteiger charge is -2.24. The number of nitrogens with two attached hydrogens (primary N) is 5. The molecule has 0 heterocycles. The lowest BCUT2D eigenvalue weighted by Crippen LogP contribution is -2.47. The van der Waals surface area contributed by atoms with E-state index in [1.165, 1.54) is 4.90 Å². The number of amides is 3. The molecule has 0 saturated heterocycles. The van der Waals surface area contributed by atoms with E-state index in [1.807, 2.05) is 0 Å². The van der Waals surface area contributed by atoms with E-state index in [0.717, 1.165) is 57.8 Å². The van der Waals surface area contributed by atoms with Gasteiger partial charge < -0.3 is 43.5 Å². The van der Waals surface area contributed by atoms with Crippen LogP contribution < -0.4 is 34.0 Å². The zero-order valence-electron chi connectivity index (χ0n) is 21.3. The van der Waals surface area contributed by atoms with E-state index in [0.29, 0.717) is 39.0 Å². The first kappa shape index (κ1) is 32.8. The summed E-state index contributed by atoms with van der Waals surface area (Å²) in [5, 5.41) is 2.82. The number of hydrogen-bond acceptors (Lipinski definition) is 9. The van der Waals surface area contributed by atoms with Crippen molar-refractivity contribution < 1.29 is 23.9 Å². The zero-order valence-corrected chi connectivity index (χ0v) is 21.3. The summed E-state index contributed by atoms with van der Waals surface area (Å²) >= 11 is 0. The van der Waals surface area contributed by atoms with Gasteiger partial charge in [0.2, 0.25) is 5.91 Å². The highest BCUT2D eigenvalue weighted by molar-refractivity contribution is 5.82. The maximum absolute atomic E-state index is 12.7. The second kappa shape index (κ2) is 22.3. The molecule has 0 aliphatic carbocycles. The Kier molecular flexibility index (Phi) is 21.0. The van der Waals surface area contributed by atoms with Crippen LogP contribution in [-0.2, 0) is 14.3 Å². The van der Waals surface area contributed by atoms with Crippen LogP contribution in [0.15, 0.2) is 0 Å². The van der Waals surface area contributed by atoms with E-state index in [1.54, 1.807) is 0 Å². The molecule has 0 radical (unpaired) electrons. The van der Waals surface area contributed by atoms with Gasteiger partial charge in [-0.1, -0.05) is 32.1 Å². The third-order valence-electron chi connectivity index (χ3n) is 5.47. The Morgan fingerprint density at radius 1 is 0.743 bits per heavy atom. The van der Waals surface area contributed by atoms with Crippen molar-refractivity contribution in [2.75, 3.05) is 45.9 Å². The maximum atomic E-state index is 12.7. The zero-order chi connectivity index (χ0) is 26.3. The Bertz CT molecular complexity index is 568. The van der Waals surface area contributed by atoms with Crippen molar-refractivity contribution in [3.05, 3.63) is 0 Å². The van der Waals surface area contributed by atoms with E-state index < -0.39 is 18.2 Å². The number of hydrogen-bond donors (Lipinski definition) is 6. The van der Waals surface area contributed by atoms with Crippen molar-refractivity contribution in [2.24, 2.45) is 28.7 Å². The number of nitrogens with one attached hydrogen (secondary N) is 1.